The van der Waals surface area contributed by atoms with Gasteiger partial charge < -0.3 is 0 Å². The largest absolute Gasteiger partial charge is 0.295 e. The van der Waals surface area contributed by atoms with Crippen molar-refractivity contribution in [1.82, 2.24) is 0 Å². The number of Topliss-reactive ketones (excluding diaryl/α,β-unsaturated/α-hetero) is 1. The van der Waals surface area contributed by atoms with Crippen LogP contribution in [0.25, 0.3) is 0 Å². The van der Waals surface area contributed by atoms with Crippen LogP contribution in [0.5, 0.6) is 0 Å². The van der Waals surface area contributed by atoms with Crippen molar-refractivity contribution < 1.29 is 4.79 Å². The molecule has 0 aromatic carbocycles. The Labute approximate surface area is 67.5 Å². The predicted octanol–water partition coefficient (Wildman–Crippen LogP) is 2.32. The molecule has 0 aromatic rings. The molecule has 0 amide bonds. The highest BCUT2D eigenvalue weighted by Gasteiger charge is 2.31. The third-order valence-corrected chi connectivity index (χ3v) is 2.86. The van der Waals surface area contributed by atoms with Gasteiger partial charge in [-0.3, -0.25) is 4.79 Å². The van der Waals surface area contributed by atoms with Crippen LogP contribution in [0.4, 0.5) is 0 Å². The van der Waals surface area contributed by atoms with Crippen LogP contribution in [0.15, 0.2) is 11.6 Å². The van der Waals surface area contributed by atoms with E-state index in [0.29, 0.717) is 17.6 Å². The number of fused-ring (bicyclic) bond motifs is 1. The summed E-state index contributed by atoms with van der Waals surface area (Å²) in [6.45, 7) is 2.19. The minimum atomic E-state index is 0.422. The van der Waals surface area contributed by atoms with Gasteiger partial charge in [0.2, 0.25) is 0 Å². The molecule has 2 aliphatic rings. The van der Waals surface area contributed by atoms with Crippen LogP contribution >= 0.6 is 0 Å². The lowest BCUT2D eigenvalue weighted by atomic mass is 9.79. The lowest BCUT2D eigenvalue weighted by Crippen LogP contribution is -2.21. The van der Waals surface area contributed by atoms with Gasteiger partial charge in [-0.05, 0) is 36.7 Å². The molecule has 0 aliphatic heterocycles. The minimum absolute atomic E-state index is 0.422. The van der Waals surface area contributed by atoms with Crippen LogP contribution < -0.4 is 0 Å². The van der Waals surface area contributed by atoms with Crippen LogP contribution in [-0.4, -0.2) is 5.78 Å². The van der Waals surface area contributed by atoms with Gasteiger partial charge in [0.25, 0.3) is 0 Å². The number of hydrogen-bond donors (Lipinski definition) is 0. The van der Waals surface area contributed by atoms with Crippen LogP contribution in [0.2, 0.25) is 0 Å². The molecule has 2 aliphatic carbocycles. The van der Waals surface area contributed by atoms with Gasteiger partial charge in [0.1, 0.15) is 0 Å². The third-order valence-electron chi connectivity index (χ3n) is 2.86. The predicted molar refractivity (Wildman–Crippen MR) is 44.2 cm³/mol. The molecule has 0 N–H and O–H groups in total. The first-order valence-corrected chi connectivity index (χ1v) is 4.50. The zero-order chi connectivity index (χ0) is 7.84. The van der Waals surface area contributed by atoms with Crippen molar-refractivity contribution in [2.75, 3.05) is 0 Å². The normalized spacial score (nSPS) is 36.8. The maximum Gasteiger partial charge on any atom is 0.159 e. The highest BCUT2D eigenvalue weighted by Crippen LogP contribution is 2.37. The summed E-state index contributed by atoms with van der Waals surface area (Å²) in [5, 5.41) is 0. The fourth-order valence-corrected chi connectivity index (χ4v) is 2.35. The number of carbonyl (C=O) groups is 1. The summed E-state index contributed by atoms with van der Waals surface area (Å²) in [5.74, 6) is 1.68. The molecule has 0 unspecified atom stereocenters. The zero-order valence-corrected chi connectivity index (χ0v) is 6.97. The Hall–Kier alpha value is -0.590. The summed E-state index contributed by atoms with van der Waals surface area (Å²) in [5.41, 5.74) is 1.16. The van der Waals surface area contributed by atoms with E-state index >= 15 is 0 Å². The summed E-state index contributed by atoms with van der Waals surface area (Å²) >= 11 is 0. The number of rotatable bonds is 0. The minimum Gasteiger partial charge on any atom is -0.295 e. The number of carbonyl (C=O) groups excluding carboxylic acids is 1. The van der Waals surface area contributed by atoms with E-state index in [4.69, 9.17) is 0 Å². The van der Waals surface area contributed by atoms with Gasteiger partial charge in [0.05, 0.1) is 0 Å². The Kier molecular flexibility index (Phi) is 1.59. The first kappa shape index (κ1) is 7.08. The molecular formula is C10H14O. The lowest BCUT2D eigenvalue weighted by Gasteiger charge is -2.24. The smallest absolute Gasteiger partial charge is 0.159 e. The van der Waals surface area contributed by atoms with Crippen LogP contribution in [0, 0.1) is 11.8 Å². The molecule has 1 saturated carbocycles. The average molecular weight is 150 g/mol. The summed E-state index contributed by atoms with van der Waals surface area (Å²) in [7, 11) is 0. The van der Waals surface area contributed by atoms with Gasteiger partial charge in [0, 0.05) is 6.42 Å². The second-order valence-electron chi connectivity index (χ2n) is 3.90. The Bertz CT molecular complexity index is 215. The summed E-state index contributed by atoms with van der Waals surface area (Å²) in [6, 6.07) is 0. The van der Waals surface area contributed by atoms with Crippen molar-refractivity contribution in [2.24, 2.45) is 11.8 Å². The van der Waals surface area contributed by atoms with Crippen molar-refractivity contribution in [2.45, 2.75) is 32.6 Å². The average Bonchev–Trinajstić information content (AvgIpc) is 2.34. The standard InChI is InChI=1S/C10H14O/c1-7-5-8-3-2-4-9(8)10(11)6-7/h4,7-8H,2-3,5-6H2,1H3/t7-,8+/m1/s1. The van der Waals surface area contributed by atoms with Crippen molar-refractivity contribution in [3.05, 3.63) is 11.6 Å². The number of ketones is 1. The van der Waals surface area contributed by atoms with Crippen LogP contribution in [0.3, 0.4) is 0 Å². The van der Waals surface area contributed by atoms with Gasteiger partial charge in [-0.15, -0.1) is 0 Å². The van der Waals surface area contributed by atoms with E-state index in [2.05, 4.69) is 13.0 Å². The first-order chi connectivity index (χ1) is 5.27. The first-order valence-electron chi connectivity index (χ1n) is 4.50. The van der Waals surface area contributed by atoms with Gasteiger partial charge in [-0.1, -0.05) is 13.0 Å². The Morgan fingerprint density at radius 3 is 3.18 bits per heavy atom. The molecule has 1 heteroatoms. The second-order valence-corrected chi connectivity index (χ2v) is 3.90. The summed E-state index contributed by atoms with van der Waals surface area (Å²) < 4.78 is 0. The zero-order valence-electron chi connectivity index (χ0n) is 6.97. The molecule has 0 bridgehead atoms. The van der Waals surface area contributed by atoms with E-state index in [1.165, 1.54) is 12.8 Å². The molecule has 0 radical (unpaired) electrons. The van der Waals surface area contributed by atoms with Gasteiger partial charge in [-0.2, -0.15) is 0 Å². The van der Waals surface area contributed by atoms with Crippen molar-refractivity contribution in [1.29, 1.82) is 0 Å². The molecule has 60 valence electrons. The second kappa shape index (κ2) is 2.47. The maximum atomic E-state index is 11.4. The molecule has 0 heterocycles. The number of hydrogen-bond acceptors (Lipinski definition) is 1. The molecule has 0 saturated heterocycles. The van der Waals surface area contributed by atoms with E-state index in [1.54, 1.807) is 0 Å². The highest BCUT2D eigenvalue weighted by atomic mass is 16.1. The SMILES string of the molecule is C[C@H]1CC(=O)C2=CCC[C@H]2C1. The van der Waals surface area contributed by atoms with E-state index in [-0.39, 0.29) is 0 Å². The van der Waals surface area contributed by atoms with Crippen molar-refractivity contribution in [3.63, 3.8) is 0 Å². The van der Waals surface area contributed by atoms with Crippen LogP contribution in [-0.2, 0) is 4.79 Å². The fraction of sp³-hybridized carbons (Fsp3) is 0.700. The molecular weight excluding hydrogens is 136 g/mol. The molecule has 11 heavy (non-hydrogen) atoms. The van der Waals surface area contributed by atoms with Crippen LogP contribution in [0.1, 0.15) is 32.6 Å². The summed E-state index contributed by atoms with van der Waals surface area (Å²) in [4.78, 5) is 11.4. The highest BCUT2D eigenvalue weighted by molar-refractivity contribution is 5.97. The molecule has 0 spiro atoms. The van der Waals surface area contributed by atoms with E-state index < -0.39 is 0 Å². The fourth-order valence-electron chi connectivity index (χ4n) is 2.35. The van der Waals surface area contributed by atoms with Crippen molar-refractivity contribution in [3.8, 4) is 0 Å². The summed E-state index contributed by atoms with van der Waals surface area (Å²) in [6.07, 6.45) is 6.56. The maximum absolute atomic E-state index is 11.4. The molecule has 2 atom stereocenters. The topological polar surface area (TPSA) is 17.1 Å². The van der Waals surface area contributed by atoms with Gasteiger partial charge in [0.15, 0.2) is 5.78 Å². The number of allylic oxidation sites excluding steroid dienone is 2. The molecule has 1 fully saturated rings. The third kappa shape index (κ3) is 1.13. The van der Waals surface area contributed by atoms with E-state index in [9.17, 15) is 4.79 Å². The quantitative estimate of drug-likeness (QED) is 0.518. The Morgan fingerprint density at radius 2 is 2.36 bits per heavy atom. The Morgan fingerprint density at radius 1 is 1.55 bits per heavy atom. The monoisotopic (exact) mass is 150 g/mol. The lowest BCUT2D eigenvalue weighted by molar-refractivity contribution is -0.118. The van der Waals surface area contributed by atoms with E-state index in [1.807, 2.05) is 0 Å². The van der Waals surface area contributed by atoms with Gasteiger partial charge >= 0.3 is 0 Å². The molecule has 1 nitrogen and oxygen atoms in total. The van der Waals surface area contributed by atoms with Crippen molar-refractivity contribution >= 4 is 5.78 Å². The molecule has 2 rings (SSSR count). The Balaban J connectivity index is 2.20. The van der Waals surface area contributed by atoms with E-state index in [0.717, 1.165) is 18.4 Å². The molecule has 0 aromatic heterocycles. The van der Waals surface area contributed by atoms with Gasteiger partial charge in [-0.25, -0.2) is 0 Å².